The molecule has 160 valence electrons. The van der Waals surface area contributed by atoms with Gasteiger partial charge in [-0.05, 0) is 42.0 Å². The third-order valence-corrected chi connectivity index (χ3v) is 5.19. The van der Waals surface area contributed by atoms with E-state index < -0.39 is 0 Å². The molecule has 0 radical (unpaired) electrons. The summed E-state index contributed by atoms with van der Waals surface area (Å²) in [5.74, 6) is 3.85. The summed E-state index contributed by atoms with van der Waals surface area (Å²) in [5, 5.41) is 0. The van der Waals surface area contributed by atoms with Crippen molar-refractivity contribution in [1.82, 2.24) is 9.55 Å². The molecule has 0 amide bonds. The van der Waals surface area contributed by atoms with Gasteiger partial charge in [0.1, 0.15) is 12.4 Å². The standard InChI is InChI=1S/C25H26N2O4/c1-28-21-10-6-7-11-23(21)31-15-14-27-20-9-5-4-8-19(20)26-25(27)17-18-12-13-22(29-2)24(16-18)30-3/h4-13,16H,14-15,17H2,1-3H3. The zero-order valence-corrected chi connectivity index (χ0v) is 18.0. The van der Waals surface area contributed by atoms with Gasteiger partial charge in [0.2, 0.25) is 0 Å². The maximum absolute atomic E-state index is 6.01. The van der Waals surface area contributed by atoms with Gasteiger partial charge in [0.25, 0.3) is 0 Å². The average molecular weight is 418 g/mol. The van der Waals surface area contributed by atoms with Gasteiger partial charge in [-0.2, -0.15) is 0 Å². The molecule has 3 aromatic carbocycles. The summed E-state index contributed by atoms with van der Waals surface area (Å²) in [5.41, 5.74) is 3.15. The first-order valence-electron chi connectivity index (χ1n) is 10.1. The molecule has 6 nitrogen and oxygen atoms in total. The number of hydrogen-bond donors (Lipinski definition) is 0. The van der Waals surface area contributed by atoms with Crippen molar-refractivity contribution in [2.24, 2.45) is 0 Å². The van der Waals surface area contributed by atoms with E-state index in [1.807, 2.05) is 60.7 Å². The number of hydrogen-bond acceptors (Lipinski definition) is 5. The lowest BCUT2D eigenvalue weighted by molar-refractivity contribution is 0.280. The summed E-state index contributed by atoms with van der Waals surface area (Å²) in [7, 11) is 4.93. The summed E-state index contributed by atoms with van der Waals surface area (Å²) in [6, 6.07) is 21.8. The van der Waals surface area contributed by atoms with Crippen molar-refractivity contribution in [3.05, 3.63) is 78.1 Å². The van der Waals surface area contributed by atoms with Crippen LogP contribution in [0.1, 0.15) is 11.4 Å². The molecule has 31 heavy (non-hydrogen) atoms. The number of ether oxygens (including phenoxy) is 4. The van der Waals surface area contributed by atoms with Crippen molar-refractivity contribution in [2.75, 3.05) is 27.9 Å². The first-order valence-corrected chi connectivity index (χ1v) is 10.1. The molecule has 0 N–H and O–H groups in total. The van der Waals surface area contributed by atoms with Gasteiger partial charge in [-0.15, -0.1) is 0 Å². The number of benzene rings is 3. The van der Waals surface area contributed by atoms with Crippen LogP contribution in [-0.4, -0.2) is 37.5 Å². The van der Waals surface area contributed by atoms with Crippen LogP contribution in [0.5, 0.6) is 23.0 Å². The van der Waals surface area contributed by atoms with Gasteiger partial charge in [0.15, 0.2) is 23.0 Å². The van der Waals surface area contributed by atoms with Crippen molar-refractivity contribution >= 4 is 11.0 Å². The Kier molecular flexibility index (Phi) is 6.26. The van der Waals surface area contributed by atoms with E-state index in [9.17, 15) is 0 Å². The van der Waals surface area contributed by atoms with E-state index in [2.05, 4.69) is 10.6 Å². The van der Waals surface area contributed by atoms with E-state index in [0.717, 1.165) is 33.9 Å². The fraction of sp³-hybridized carbons (Fsp3) is 0.240. The normalized spacial score (nSPS) is 10.8. The number of imidazole rings is 1. The quantitative estimate of drug-likeness (QED) is 0.393. The van der Waals surface area contributed by atoms with Gasteiger partial charge in [0.05, 0.1) is 38.9 Å². The maximum atomic E-state index is 6.01. The Morgan fingerprint density at radius 2 is 1.42 bits per heavy atom. The zero-order chi connectivity index (χ0) is 21.6. The largest absolute Gasteiger partial charge is 0.493 e. The van der Waals surface area contributed by atoms with E-state index in [4.69, 9.17) is 23.9 Å². The van der Waals surface area contributed by atoms with Gasteiger partial charge in [-0.25, -0.2) is 4.98 Å². The van der Waals surface area contributed by atoms with Crippen LogP contribution < -0.4 is 18.9 Å². The number of methoxy groups -OCH3 is 3. The average Bonchev–Trinajstić information content (AvgIpc) is 3.16. The van der Waals surface area contributed by atoms with E-state index in [1.165, 1.54) is 0 Å². The monoisotopic (exact) mass is 418 g/mol. The van der Waals surface area contributed by atoms with E-state index in [-0.39, 0.29) is 0 Å². The predicted molar refractivity (Wildman–Crippen MR) is 121 cm³/mol. The van der Waals surface area contributed by atoms with Crippen LogP contribution in [0, 0.1) is 0 Å². The summed E-state index contributed by atoms with van der Waals surface area (Å²) in [6.07, 6.45) is 0.670. The van der Waals surface area contributed by atoms with Crippen LogP contribution in [0.2, 0.25) is 0 Å². The molecule has 6 heteroatoms. The van der Waals surface area contributed by atoms with Gasteiger partial charge in [-0.1, -0.05) is 30.3 Å². The lowest BCUT2D eigenvalue weighted by atomic mass is 10.1. The van der Waals surface area contributed by atoms with Crippen molar-refractivity contribution < 1.29 is 18.9 Å². The Hall–Kier alpha value is -3.67. The number of fused-ring (bicyclic) bond motifs is 1. The molecule has 0 aliphatic carbocycles. The van der Waals surface area contributed by atoms with E-state index >= 15 is 0 Å². The predicted octanol–water partition coefficient (Wildman–Crippen LogP) is 4.73. The maximum Gasteiger partial charge on any atom is 0.161 e. The second-order valence-corrected chi connectivity index (χ2v) is 7.03. The molecule has 0 bridgehead atoms. The fourth-order valence-corrected chi connectivity index (χ4v) is 3.67. The number of para-hydroxylation sites is 4. The van der Waals surface area contributed by atoms with Gasteiger partial charge >= 0.3 is 0 Å². The van der Waals surface area contributed by atoms with Crippen LogP contribution in [0.15, 0.2) is 66.7 Å². The smallest absolute Gasteiger partial charge is 0.161 e. The Labute approximate surface area is 182 Å². The molecule has 0 aliphatic heterocycles. The summed E-state index contributed by atoms with van der Waals surface area (Å²) in [6.45, 7) is 1.17. The van der Waals surface area contributed by atoms with Crippen molar-refractivity contribution in [3.8, 4) is 23.0 Å². The van der Waals surface area contributed by atoms with Crippen LogP contribution in [0.3, 0.4) is 0 Å². The lowest BCUT2D eigenvalue weighted by Gasteiger charge is -2.13. The highest BCUT2D eigenvalue weighted by Crippen LogP contribution is 2.29. The first kappa shape index (κ1) is 20.6. The second-order valence-electron chi connectivity index (χ2n) is 7.03. The van der Waals surface area contributed by atoms with Crippen LogP contribution in [0.25, 0.3) is 11.0 Å². The minimum atomic E-state index is 0.500. The molecule has 4 aromatic rings. The third kappa shape index (κ3) is 4.43. The molecule has 0 saturated carbocycles. The molecule has 0 atom stereocenters. The highest BCUT2D eigenvalue weighted by Gasteiger charge is 2.13. The van der Waals surface area contributed by atoms with Crippen molar-refractivity contribution in [2.45, 2.75) is 13.0 Å². The lowest BCUT2D eigenvalue weighted by Crippen LogP contribution is -2.12. The number of aromatic nitrogens is 2. The van der Waals surface area contributed by atoms with Gasteiger partial charge < -0.3 is 23.5 Å². The molecule has 0 aliphatic rings. The Morgan fingerprint density at radius 1 is 0.742 bits per heavy atom. The summed E-state index contributed by atoms with van der Waals surface area (Å²) >= 11 is 0. The Balaban J connectivity index is 1.59. The molecule has 0 fully saturated rings. The first-order chi connectivity index (χ1) is 15.2. The minimum Gasteiger partial charge on any atom is -0.493 e. The van der Waals surface area contributed by atoms with Gasteiger partial charge in [0, 0.05) is 6.42 Å². The zero-order valence-electron chi connectivity index (χ0n) is 18.0. The highest BCUT2D eigenvalue weighted by atomic mass is 16.5. The molecule has 1 aromatic heterocycles. The van der Waals surface area contributed by atoms with Gasteiger partial charge in [-0.3, -0.25) is 0 Å². The van der Waals surface area contributed by atoms with E-state index in [0.29, 0.717) is 31.1 Å². The Bertz CT molecular complexity index is 1170. The molecular formula is C25H26N2O4. The number of nitrogens with zero attached hydrogens (tertiary/aromatic N) is 2. The number of rotatable bonds is 9. The molecule has 0 spiro atoms. The third-order valence-electron chi connectivity index (χ3n) is 5.19. The van der Waals surface area contributed by atoms with E-state index in [1.54, 1.807) is 21.3 Å². The fourth-order valence-electron chi connectivity index (χ4n) is 3.67. The molecule has 1 heterocycles. The molecular weight excluding hydrogens is 392 g/mol. The van der Waals surface area contributed by atoms with Crippen LogP contribution in [0.4, 0.5) is 0 Å². The molecule has 4 rings (SSSR count). The summed E-state index contributed by atoms with van der Waals surface area (Å²) < 4.78 is 24.4. The minimum absolute atomic E-state index is 0.500. The van der Waals surface area contributed by atoms with Crippen LogP contribution >= 0.6 is 0 Å². The van der Waals surface area contributed by atoms with Crippen molar-refractivity contribution in [3.63, 3.8) is 0 Å². The Morgan fingerprint density at radius 3 is 2.19 bits per heavy atom. The van der Waals surface area contributed by atoms with Crippen molar-refractivity contribution in [1.29, 1.82) is 0 Å². The van der Waals surface area contributed by atoms with Crippen LogP contribution in [-0.2, 0) is 13.0 Å². The second kappa shape index (κ2) is 9.43. The molecule has 0 saturated heterocycles. The topological polar surface area (TPSA) is 54.7 Å². The summed E-state index contributed by atoms with van der Waals surface area (Å²) in [4.78, 5) is 4.88. The molecule has 0 unspecified atom stereocenters. The SMILES string of the molecule is COc1ccc(Cc2nc3ccccc3n2CCOc2ccccc2OC)cc1OC. The highest BCUT2D eigenvalue weighted by molar-refractivity contribution is 5.76.